The SMILES string of the molecule is C=C(NCCO)[C@@]1(O)CO[C@H](C(=O)N2CCc3ccccc3[C@@H]2c2ccc(F)cc2)C1. The number of carbonyl (C=O) groups is 1. The number of halogens is 1. The number of aliphatic hydroxyl groups is 2. The molecule has 2 aliphatic heterocycles. The van der Waals surface area contributed by atoms with Gasteiger partial charge in [0.15, 0.2) is 0 Å². The van der Waals surface area contributed by atoms with Crippen LogP contribution in [0.5, 0.6) is 0 Å². The molecule has 2 aromatic carbocycles. The second-order valence-electron chi connectivity index (χ2n) is 8.10. The van der Waals surface area contributed by atoms with Gasteiger partial charge >= 0.3 is 0 Å². The third kappa shape index (κ3) is 4.21. The molecule has 0 saturated carbocycles. The third-order valence-electron chi connectivity index (χ3n) is 6.09. The molecule has 4 rings (SSSR count). The molecule has 2 aliphatic rings. The monoisotopic (exact) mass is 426 g/mol. The van der Waals surface area contributed by atoms with Crippen LogP contribution in [0, 0.1) is 5.82 Å². The van der Waals surface area contributed by atoms with Crippen LogP contribution in [-0.4, -0.2) is 59.0 Å². The fraction of sp³-hybridized carbons (Fsp3) is 0.375. The molecule has 0 bridgehead atoms. The number of amides is 1. The molecule has 2 aromatic rings. The Morgan fingerprint density at radius 2 is 2.00 bits per heavy atom. The molecular formula is C24H27FN2O4. The van der Waals surface area contributed by atoms with E-state index in [1.807, 2.05) is 18.2 Å². The average Bonchev–Trinajstić information content (AvgIpc) is 3.20. The number of carbonyl (C=O) groups excluding carboxylic acids is 1. The molecule has 7 heteroatoms. The highest BCUT2D eigenvalue weighted by Gasteiger charge is 2.46. The fourth-order valence-electron chi connectivity index (χ4n) is 4.40. The maximum absolute atomic E-state index is 13.5. The highest BCUT2D eigenvalue weighted by atomic mass is 19.1. The molecule has 1 saturated heterocycles. The van der Waals surface area contributed by atoms with Crippen molar-refractivity contribution >= 4 is 5.91 Å². The van der Waals surface area contributed by atoms with E-state index < -0.39 is 11.7 Å². The lowest BCUT2D eigenvalue weighted by Crippen LogP contribution is -2.46. The second-order valence-corrected chi connectivity index (χ2v) is 8.10. The molecule has 0 spiro atoms. The zero-order valence-corrected chi connectivity index (χ0v) is 17.3. The summed E-state index contributed by atoms with van der Waals surface area (Å²) in [5.74, 6) is -0.543. The Bertz CT molecular complexity index is 964. The minimum atomic E-state index is -1.38. The number of hydrogen-bond donors (Lipinski definition) is 3. The molecular weight excluding hydrogens is 399 g/mol. The van der Waals surface area contributed by atoms with E-state index in [1.165, 1.54) is 12.1 Å². The van der Waals surface area contributed by atoms with E-state index in [4.69, 9.17) is 9.84 Å². The van der Waals surface area contributed by atoms with Gasteiger partial charge in [-0.15, -0.1) is 0 Å². The highest BCUT2D eigenvalue weighted by molar-refractivity contribution is 5.83. The van der Waals surface area contributed by atoms with Crippen LogP contribution in [0.4, 0.5) is 4.39 Å². The molecule has 0 aliphatic carbocycles. The summed E-state index contributed by atoms with van der Waals surface area (Å²) >= 11 is 0. The van der Waals surface area contributed by atoms with E-state index >= 15 is 0 Å². The number of nitrogens with zero attached hydrogens (tertiary/aromatic N) is 1. The van der Waals surface area contributed by atoms with Gasteiger partial charge in [-0.2, -0.15) is 0 Å². The number of hydrogen-bond acceptors (Lipinski definition) is 5. The lowest BCUT2D eigenvalue weighted by atomic mass is 9.87. The maximum atomic E-state index is 13.5. The van der Waals surface area contributed by atoms with Crippen LogP contribution in [0.15, 0.2) is 60.8 Å². The Labute approximate surface area is 181 Å². The fourth-order valence-corrected chi connectivity index (χ4v) is 4.40. The minimum Gasteiger partial charge on any atom is -0.395 e. The lowest BCUT2D eigenvalue weighted by molar-refractivity contribution is -0.143. The summed E-state index contributed by atoms with van der Waals surface area (Å²) in [5, 5.41) is 22.8. The topological polar surface area (TPSA) is 82.0 Å². The summed E-state index contributed by atoms with van der Waals surface area (Å²) < 4.78 is 19.3. The molecule has 164 valence electrons. The zero-order valence-electron chi connectivity index (χ0n) is 17.3. The van der Waals surface area contributed by atoms with Crippen molar-refractivity contribution in [1.82, 2.24) is 10.2 Å². The molecule has 1 fully saturated rings. The summed E-state index contributed by atoms with van der Waals surface area (Å²) in [5.41, 5.74) is 1.94. The van der Waals surface area contributed by atoms with Gasteiger partial charge in [0, 0.05) is 25.2 Å². The molecule has 0 unspecified atom stereocenters. The van der Waals surface area contributed by atoms with Gasteiger partial charge < -0.3 is 25.2 Å². The van der Waals surface area contributed by atoms with Crippen molar-refractivity contribution in [3.63, 3.8) is 0 Å². The number of rotatable bonds is 6. The van der Waals surface area contributed by atoms with Gasteiger partial charge in [0.05, 0.1) is 19.3 Å². The quantitative estimate of drug-likeness (QED) is 0.658. The van der Waals surface area contributed by atoms with E-state index in [-0.39, 0.29) is 43.9 Å². The first-order chi connectivity index (χ1) is 14.9. The van der Waals surface area contributed by atoms with Gasteiger partial charge in [0.2, 0.25) is 0 Å². The number of aliphatic hydroxyl groups excluding tert-OH is 1. The molecule has 31 heavy (non-hydrogen) atoms. The molecule has 0 radical (unpaired) electrons. The van der Waals surface area contributed by atoms with Crippen molar-refractivity contribution in [2.75, 3.05) is 26.3 Å². The summed E-state index contributed by atoms with van der Waals surface area (Å²) in [6.07, 6.45) is -0.0236. The van der Waals surface area contributed by atoms with Crippen molar-refractivity contribution in [3.05, 3.63) is 83.3 Å². The Balaban J connectivity index is 1.60. The van der Waals surface area contributed by atoms with Gasteiger partial charge in [0.1, 0.15) is 17.5 Å². The van der Waals surface area contributed by atoms with Crippen molar-refractivity contribution in [1.29, 1.82) is 0 Å². The van der Waals surface area contributed by atoms with Crippen LogP contribution >= 0.6 is 0 Å². The second kappa shape index (κ2) is 8.78. The van der Waals surface area contributed by atoms with Crippen LogP contribution in [0.1, 0.15) is 29.2 Å². The van der Waals surface area contributed by atoms with Gasteiger partial charge in [-0.1, -0.05) is 43.0 Å². The molecule has 2 heterocycles. The minimum absolute atomic E-state index is 0.0493. The summed E-state index contributed by atoms with van der Waals surface area (Å²) in [6, 6.07) is 13.8. The van der Waals surface area contributed by atoms with Crippen molar-refractivity contribution in [3.8, 4) is 0 Å². The van der Waals surface area contributed by atoms with Crippen molar-refractivity contribution in [2.24, 2.45) is 0 Å². The first kappa shape index (κ1) is 21.5. The summed E-state index contributed by atoms with van der Waals surface area (Å²) in [7, 11) is 0. The molecule has 6 nitrogen and oxygen atoms in total. The van der Waals surface area contributed by atoms with Crippen LogP contribution in [-0.2, 0) is 16.0 Å². The Morgan fingerprint density at radius 3 is 2.74 bits per heavy atom. The van der Waals surface area contributed by atoms with E-state index in [9.17, 15) is 14.3 Å². The van der Waals surface area contributed by atoms with E-state index in [0.29, 0.717) is 18.7 Å². The third-order valence-corrected chi connectivity index (χ3v) is 6.09. The molecule has 3 atom stereocenters. The van der Waals surface area contributed by atoms with Gasteiger partial charge in [-0.3, -0.25) is 4.79 Å². The maximum Gasteiger partial charge on any atom is 0.252 e. The van der Waals surface area contributed by atoms with Gasteiger partial charge in [0.25, 0.3) is 5.91 Å². The Kier molecular flexibility index (Phi) is 6.09. The van der Waals surface area contributed by atoms with Gasteiger partial charge in [-0.05, 0) is 35.2 Å². The zero-order chi connectivity index (χ0) is 22.0. The number of nitrogens with one attached hydrogen (secondary N) is 1. The van der Waals surface area contributed by atoms with E-state index in [2.05, 4.69) is 18.0 Å². The van der Waals surface area contributed by atoms with Crippen molar-refractivity contribution < 1.29 is 24.1 Å². The molecule has 0 aromatic heterocycles. The van der Waals surface area contributed by atoms with Crippen LogP contribution < -0.4 is 5.32 Å². The Hall–Kier alpha value is -2.74. The van der Waals surface area contributed by atoms with Crippen LogP contribution in [0.3, 0.4) is 0 Å². The highest BCUT2D eigenvalue weighted by Crippen LogP contribution is 2.38. The van der Waals surface area contributed by atoms with Crippen LogP contribution in [0.25, 0.3) is 0 Å². The van der Waals surface area contributed by atoms with E-state index in [0.717, 1.165) is 16.7 Å². The first-order valence-electron chi connectivity index (χ1n) is 10.4. The first-order valence-corrected chi connectivity index (χ1v) is 10.4. The smallest absolute Gasteiger partial charge is 0.252 e. The predicted octanol–water partition coefficient (Wildman–Crippen LogP) is 1.92. The summed E-state index contributed by atoms with van der Waals surface area (Å²) in [6.45, 7) is 4.46. The average molecular weight is 426 g/mol. The standard InChI is InChI=1S/C24H27FN2O4/c1-16(26-11-13-28)24(30)14-21(31-15-24)23(29)27-12-10-17-4-2-3-5-20(17)22(27)18-6-8-19(25)9-7-18/h2-9,21-22,26,28,30H,1,10-15H2/t21-,22-,24-/m0/s1. The largest absolute Gasteiger partial charge is 0.395 e. The normalized spacial score (nSPS) is 25.2. The molecule has 3 N–H and O–H groups in total. The lowest BCUT2D eigenvalue weighted by Gasteiger charge is -2.39. The number of benzene rings is 2. The van der Waals surface area contributed by atoms with Crippen molar-refractivity contribution in [2.45, 2.75) is 30.6 Å². The Morgan fingerprint density at radius 1 is 1.26 bits per heavy atom. The molecule has 1 amide bonds. The van der Waals surface area contributed by atoms with Crippen LogP contribution in [0.2, 0.25) is 0 Å². The number of fused-ring (bicyclic) bond motifs is 1. The van der Waals surface area contributed by atoms with E-state index in [1.54, 1.807) is 17.0 Å². The van der Waals surface area contributed by atoms with Gasteiger partial charge in [-0.25, -0.2) is 4.39 Å². The summed E-state index contributed by atoms with van der Waals surface area (Å²) in [4.78, 5) is 15.3. The number of ether oxygens (including phenoxy) is 1. The predicted molar refractivity (Wildman–Crippen MR) is 114 cm³/mol.